The molecule has 3 rings (SSSR count). The number of unbranched alkanes of at least 4 members (excludes halogenated alkanes) is 3. The largest absolute Gasteiger partial charge is 0.481 e. The molecule has 0 spiro atoms. The van der Waals surface area contributed by atoms with Gasteiger partial charge in [0.25, 0.3) is 0 Å². The van der Waals surface area contributed by atoms with E-state index in [4.69, 9.17) is 0 Å². The van der Waals surface area contributed by atoms with Gasteiger partial charge in [-0.15, -0.1) is 0 Å². The van der Waals surface area contributed by atoms with Gasteiger partial charge in [0.15, 0.2) is 0 Å². The number of carboxylic acid groups (broad SMARTS) is 1. The molecule has 0 saturated carbocycles. The van der Waals surface area contributed by atoms with Crippen LogP contribution in [-0.4, -0.2) is 41.3 Å². The third kappa shape index (κ3) is 5.94. The van der Waals surface area contributed by atoms with Crippen LogP contribution in [0.15, 0.2) is 59.5 Å². The topological polar surface area (TPSA) is 74.7 Å². The third-order valence-electron chi connectivity index (χ3n) is 6.09. The minimum absolute atomic E-state index is 0.0161. The molecule has 1 heterocycles. The lowest BCUT2D eigenvalue weighted by atomic mass is 9.90. The third-order valence-corrected chi connectivity index (χ3v) is 9.45. The van der Waals surface area contributed by atoms with Crippen LogP contribution < -0.4 is 0 Å². The molecule has 1 saturated heterocycles. The van der Waals surface area contributed by atoms with Gasteiger partial charge in [-0.3, -0.25) is 4.79 Å². The number of nitrogens with zero attached hydrogens (tertiary/aromatic N) is 1. The van der Waals surface area contributed by atoms with Crippen molar-refractivity contribution in [2.75, 3.05) is 12.3 Å². The molecule has 2 aromatic rings. The van der Waals surface area contributed by atoms with Crippen LogP contribution in [0.4, 0.5) is 0 Å². The number of aliphatic carboxylic acids is 1. The van der Waals surface area contributed by atoms with Gasteiger partial charge >= 0.3 is 5.97 Å². The predicted octanol–water partition coefficient (Wildman–Crippen LogP) is 5.51. The van der Waals surface area contributed by atoms with Gasteiger partial charge in [-0.1, -0.05) is 74.2 Å². The molecule has 0 radical (unpaired) electrons. The molecule has 2 aromatic carbocycles. The summed E-state index contributed by atoms with van der Waals surface area (Å²) in [4.78, 5) is 12.4. The smallest absolute Gasteiger partial charge is 0.308 e. The molecule has 1 aliphatic heterocycles. The molecule has 3 atom stereocenters. The molecule has 0 aliphatic carbocycles. The Kier molecular flexibility index (Phi) is 8.79. The summed E-state index contributed by atoms with van der Waals surface area (Å²) in [6, 6.07) is 16.0. The molecule has 1 N–H and O–H groups in total. The van der Waals surface area contributed by atoms with E-state index in [-0.39, 0.29) is 22.7 Å². The number of carbonyl (C=O) groups is 1. The first-order valence-corrected chi connectivity index (χ1v) is 13.8. The van der Waals surface area contributed by atoms with Gasteiger partial charge < -0.3 is 5.11 Å². The Hall–Kier alpha value is -1.83. The van der Waals surface area contributed by atoms with E-state index >= 15 is 0 Å². The summed E-state index contributed by atoms with van der Waals surface area (Å²) in [5, 5.41) is 9.84. The number of piperidine rings is 1. The number of hydrogen-bond donors (Lipinski definition) is 1. The van der Waals surface area contributed by atoms with E-state index in [0.29, 0.717) is 6.42 Å². The normalized spacial score (nSPS) is 22.0. The fourth-order valence-electron chi connectivity index (χ4n) is 4.21. The highest BCUT2D eigenvalue weighted by Gasteiger charge is 2.45. The summed E-state index contributed by atoms with van der Waals surface area (Å²) in [5.41, 5.74) is 1.88. The summed E-state index contributed by atoms with van der Waals surface area (Å²) >= 11 is 1.69. The molecular formula is C25H33NO4S2. The van der Waals surface area contributed by atoms with Gasteiger partial charge in [-0.25, -0.2) is 8.42 Å². The summed E-state index contributed by atoms with van der Waals surface area (Å²) in [6.07, 6.45) is 5.04. The minimum Gasteiger partial charge on any atom is -0.481 e. The number of aryl methyl sites for hydroxylation is 1. The van der Waals surface area contributed by atoms with E-state index in [1.54, 1.807) is 36.0 Å². The van der Waals surface area contributed by atoms with Gasteiger partial charge in [-0.2, -0.15) is 16.1 Å². The fraction of sp³-hybridized carbons (Fsp3) is 0.480. The second-order valence-electron chi connectivity index (χ2n) is 8.46. The Bertz CT molecular complexity index is 977. The monoisotopic (exact) mass is 475 g/mol. The predicted molar refractivity (Wildman–Crippen MR) is 130 cm³/mol. The van der Waals surface area contributed by atoms with E-state index in [1.165, 1.54) is 10.7 Å². The van der Waals surface area contributed by atoms with Crippen molar-refractivity contribution in [3.8, 4) is 0 Å². The van der Waals surface area contributed by atoms with Crippen LogP contribution in [0.3, 0.4) is 0 Å². The van der Waals surface area contributed by atoms with Gasteiger partial charge in [0.2, 0.25) is 10.0 Å². The highest BCUT2D eigenvalue weighted by Crippen LogP contribution is 2.42. The SMILES string of the molecule is CCCCCCS[C@@H]1C[C@@H](c2ccccc2)N(S(=O)(=O)c2ccc(C)cc2)C[C@H]1C(=O)O. The Morgan fingerprint density at radius 1 is 1.06 bits per heavy atom. The van der Waals surface area contributed by atoms with Crippen molar-refractivity contribution < 1.29 is 18.3 Å². The van der Waals surface area contributed by atoms with Crippen molar-refractivity contribution in [1.29, 1.82) is 0 Å². The van der Waals surface area contributed by atoms with Crippen molar-refractivity contribution in [2.45, 2.75) is 62.1 Å². The lowest BCUT2D eigenvalue weighted by molar-refractivity contribution is -0.143. The van der Waals surface area contributed by atoms with Gasteiger partial charge in [-0.05, 0) is 43.2 Å². The van der Waals surface area contributed by atoms with Gasteiger partial charge in [0, 0.05) is 11.8 Å². The van der Waals surface area contributed by atoms with E-state index in [9.17, 15) is 18.3 Å². The van der Waals surface area contributed by atoms with E-state index in [1.807, 2.05) is 37.3 Å². The zero-order valence-corrected chi connectivity index (χ0v) is 20.4. The molecule has 5 nitrogen and oxygen atoms in total. The van der Waals surface area contributed by atoms with E-state index in [0.717, 1.165) is 36.1 Å². The number of thioether (sulfide) groups is 1. The summed E-state index contributed by atoms with van der Waals surface area (Å²) in [7, 11) is -3.84. The van der Waals surface area contributed by atoms with Crippen LogP contribution in [0.1, 0.15) is 56.2 Å². The van der Waals surface area contributed by atoms with Crippen LogP contribution in [0.2, 0.25) is 0 Å². The van der Waals surface area contributed by atoms with Gasteiger partial charge in [0.1, 0.15) is 0 Å². The van der Waals surface area contributed by atoms with E-state index in [2.05, 4.69) is 6.92 Å². The molecule has 0 unspecified atom stereocenters. The Labute approximate surface area is 196 Å². The molecule has 1 aliphatic rings. The minimum atomic E-state index is -3.84. The summed E-state index contributed by atoms with van der Waals surface area (Å²) in [6.45, 7) is 4.06. The number of carboxylic acids is 1. The quantitative estimate of drug-likeness (QED) is 0.458. The highest BCUT2D eigenvalue weighted by atomic mass is 32.2. The Morgan fingerprint density at radius 3 is 2.38 bits per heavy atom. The molecule has 0 bridgehead atoms. The maximum atomic E-state index is 13.6. The van der Waals surface area contributed by atoms with Gasteiger partial charge in [0.05, 0.1) is 16.9 Å². The van der Waals surface area contributed by atoms with Crippen LogP contribution in [0, 0.1) is 12.8 Å². The number of rotatable bonds is 10. The standard InChI is InChI=1S/C25H33NO4S2/c1-3-4-5-9-16-31-24-17-23(20-10-7-6-8-11-20)26(18-22(24)25(27)28)32(29,30)21-14-12-19(2)13-15-21/h6-8,10-15,22-24H,3-5,9,16-18H2,1-2H3,(H,27,28)/t22-,23+,24-/m1/s1. The molecule has 0 aromatic heterocycles. The van der Waals surface area contributed by atoms with Crippen LogP contribution in [-0.2, 0) is 14.8 Å². The molecular weight excluding hydrogens is 442 g/mol. The highest BCUT2D eigenvalue weighted by molar-refractivity contribution is 7.99. The van der Waals surface area contributed by atoms with Crippen LogP contribution in [0.25, 0.3) is 0 Å². The zero-order chi connectivity index (χ0) is 23.1. The molecule has 1 fully saturated rings. The molecule has 7 heteroatoms. The maximum Gasteiger partial charge on any atom is 0.308 e. The number of hydrogen-bond acceptors (Lipinski definition) is 4. The lowest BCUT2D eigenvalue weighted by Gasteiger charge is -2.41. The number of benzene rings is 2. The van der Waals surface area contributed by atoms with Crippen molar-refractivity contribution in [2.24, 2.45) is 5.92 Å². The Morgan fingerprint density at radius 2 is 1.75 bits per heavy atom. The molecule has 32 heavy (non-hydrogen) atoms. The zero-order valence-electron chi connectivity index (χ0n) is 18.8. The molecule has 0 amide bonds. The summed E-state index contributed by atoms with van der Waals surface area (Å²) in [5.74, 6) is -0.751. The maximum absolute atomic E-state index is 13.6. The second-order valence-corrected chi connectivity index (χ2v) is 11.7. The van der Waals surface area contributed by atoms with Crippen LogP contribution >= 0.6 is 11.8 Å². The Balaban J connectivity index is 1.91. The average Bonchev–Trinajstić information content (AvgIpc) is 2.79. The average molecular weight is 476 g/mol. The van der Waals surface area contributed by atoms with Crippen molar-refractivity contribution in [1.82, 2.24) is 4.31 Å². The summed E-state index contributed by atoms with van der Waals surface area (Å²) < 4.78 is 28.6. The van der Waals surface area contributed by atoms with E-state index < -0.39 is 21.9 Å². The fourth-order valence-corrected chi connectivity index (χ4v) is 7.29. The first-order valence-electron chi connectivity index (χ1n) is 11.3. The first-order chi connectivity index (χ1) is 15.3. The molecule has 174 valence electrons. The number of sulfonamides is 1. The van der Waals surface area contributed by atoms with Crippen molar-refractivity contribution >= 4 is 27.8 Å². The van der Waals surface area contributed by atoms with Crippen LogP contribution in [0.5, 0.6) is 0 Å². The van der Waals surface area contributed by atoms with Crippen molar-refractivity contribution in [3.05, 3.63) is 65.7 Å². The lowest BCUT2D eigenvalue weighted by Crippen LogP contribution is -2.49. The first kappa shape index (κ1) is 24.8. The second kappa shape index (κ2) is 11.3. The van der Waals surface area contributed by atoms with Crippen molar-refractivity contribution in [3.63, 3.8) is 0 Å².